The van der Waals surface area contributed by atoms with E-state index in [0.29, 0.717) is 11.2 Å². The molecule has 0 amide bonds. The summed E-state index contributed by atoms with van der Waals surface area (Å²) >= 11 is 5.83. The Balaban J connectivity index is 2.14. The Kier molecular flexibility index (Phi) is 2.11. The molecule has 0 spiro atoms. The molecule has 0 aliphatic rings. The fraction of sp³-hybridized carbons (Fsp3) is 0. The molecule has 0 aliphatic heterocycles. The first-order chi connectivity index (χ1) is 7.83. The zero-order chi connectivity index (χ0) is 11.0. The molecule has 3 aromatic rings. The summed E-state index contributed by atoms with van der Waals surface area (Å²) in [7, 11) is 0. The minimum Gasteiger partial charge on any atom is -0.442 e. The maximum Gasteiger partial charge on any atom is 0.198 e. The first kappa shape index (κ1) is 9.36. The van der Waals surface area contributed by atoms with Crippen molar-refractivity contribution in [3.05, 3.63) is 47.9 Å². The normalized spacial score (nSPS) is 10.8. The van der Waals surface area contributed by atoms with E-state index in [1.54, 1.807) is 6.20 Å². The number of benzene rings is 1. The van der Waals surface area contributed by atoms with Crippen LogP contribution in [0.5, 0.6) is 0 Å². The van der Waals surface area contributed by atoms with Gasteiger partial charge in [0.05, 0.1) is 0 Å². The highest BCUT2D eigenvalue weighted by atomic mass is 35.5. The Hall–Kier alpha value is -1.87. The van der Waals surface area contributed by atoms with E-state index in [4.69, 9.17) is 16.0 Å². The molecule has 2 aromatic heterocycles. The number of oxazole rings is 1. The lowest BCUT2D eigenvalue weighted by Gasteiger charge is -2.00. The van der Waals surface area contributed by atoms with E-state index in [-0.39, 0.29) is 0 Å². The molecule has 78 valence electrons. The maximum atomic E-state index is 5.83. The fourth-order valence-electron chi connectivity index (χ4n) is 1.55. The number of nitrogens with zero attached hydrogens (tertiary/aromatic N) is 2. The van der Waals surface area contributed by atoms with E-state index < -0.39 is 0 Å². The van der Waals surface area contributed by atoms with Gasteiger partial charge in [0.2, 0.25) is 0 Å². The first-order valence-corrected chi connectivity index (χ1v) is 5.16. The van der Waals surface area contributed by atoms with Crippen LogP contribution in [0.3, 0.4) is 0 Å². The summed E-state index contributed by atoms with van der Waals surface area (Å²) in [5, 5.41) is 0.720. The Labute approximate surface area is 96.7 Å². The molecule has 0 N–H and O–H groups in total. The molecule has 3 rings (SSSR count). The molecule has 0 fully saturated rings. The number of aromatic nitrogens is 2. The van der Waals surface area contributed by atoms with Gasteiger partial charge >= 0.3 is 0 Å². The second-order valence-electron chi connectivity index (χ2n) is 3.40. The Morgan fingerprint density at radius 3 is 2.62 bits per heavy atom. The van der Waals surface area contributed by atoms with Gasteiger partial charge in [0.1, 0.15) is 0 Å². The van der Waals surface area contributed by atoms with Crippen molar-refractivity contribution in [3.63, 3.8) is 0 Å². The number of pyridine rings is 1. The van der Waals surface area contributed by atoms with Crippen molar-refractivity contribution in [1.82, 2.24) is 9.97 Å². The molecule has 3 nitrogen and oxygen atoms in total. The first-order valence-electron chi connectivity index (χ1n) is 4.78. The molecule has 0 saturated carbocycles. The zero-order valence-electron chi connectivity index (χ0n) is 8.22. The SMILES string of the molecule is Clc1ccc(-c2cnc3ncoc3c2)cc1. The highest BCUT2D eigenvalue weighted by molar-refractivity contribution is 6.30. The van der Waals surface area contributed by atoms with Gasteiger partial charge in [-0.1, -0.05) is 23.7 Å². The summed E-state index contributed by atoms with van der Waals surface area (Å²) in [6.45, 7) is 0. The van der Waals surface area contributed by atoms with E-state index in [9.17, 15) is 0 Å². The van der Waals surface area contributed by atoms with E-state index in [2.05, 4.69) is 9.97 Å². The molecular weight excluding hydrogens is 224 g/mol. The van der Waals surface area contributed by atoms with Crippen LogP contribution < -0.4 is 0 Å². The highest BCUT2D eigenvalue weighted by Gasteiger charge is 2.03. The third kappa shape index (κ3) is 1.55. The molecule has 0 saturated heterocycles. The van der Waals surface area contributed by atoms with Crippen LogP contribution in [-0.2, 0) is 0 Å². The van der Waals surface area contributed by atoms with Gasteiger partial charge in [0.25, 0.3) is 0 Å². The van der Waals surface area contributed by atoms with Crippen LogP contribution in [0.1, 0.15) is 0 Å². The lowest BCUT2D eigenvalue weighted by Crippen LogP contribution is -1.81. The van der Waals surface area contributed by atoms with Crippen LogP contribution in [0, 0.1) is 0 Å². The van der Waals surface area contributed by atoms with Crippen molar-refractivity contribution in [2.24, 2.45) is 0 Å². The highest BCUT2D eigenvalue weighted by Crippen LogP contribution is 2.23. The van der Waals surface area contributed by atoms with Gasteiger partial charge in [-0.3, -0.25) is 0 Å². The minimum atomic E-state index is 0.623. The van der Waals surface area contributed by atoms with Crippen LogP contribution in [0.15, 0.2) is 47.3 Å². The number of hydrogen-bond donors (Lipinski definition) is 0. The largest absolute Gasteiger partial charge is 0.442 e. The van der Waals surface area contributed by atoms with Gasteiger partial charge in [-0.15, -0.1) is 0 Å². The van der Waals surface area contributed by atoms with E-state index in [1.807, 2.05) is 30.3 Å². The summed E-state index contributed by atoms with van der Waals surface area (Å²) in [5.74, 6) is 0. The van der Waals surface area contributed by atoms with Gasteiger partial charge in [0, 0.05) is 16.8 Å². The van der Waals surface area contributed by atoms with Crippen LogP contribution in [-0.4, -0.2) is 9.97 Å². The third-order valence-corrected chi connectivity index (χ3v) is 2.62. The molecular formula is C12H7ClN2O. The average Bonchev–Trinajstić information content (AvgIpc) is 2.77. The number of halogens is 1. The molecule has 0 radical (unpaired) electrons. The van der Waals surface area contributed by atoms with Gasteiger partial charge in [-0.25, -0.2) is 4.98 Å². The van der Waals surface area contributed by atoms with Crippen molar-refractivity contribution < 1.29 is 4.42 Å². The fourth-order valence-corrected chi connectivity index (χ4v) is 1.68. The third-order valence-electron chi connectivity index (χ3n) is 2.37. The van der Waals surface area contributed by atoms with Crippen LogP contribution in [0.2, 0.25) is 5.02 Å². The minimum absolute atomic E-state index is 0.623. The monoisotopic (exact) mass is 230 g/mol. The molecule has 1 aromatic carbocycles. The topological polar surface area (TPSA) is 38.9 Å². The second-order valence-corrected chi connectivity index (χ2v) is 3.84. The summed E-state index contributed by atoms with van der Waals surface area (Å²) in [6, 6.07) is 9.50. The smallest absolute Gasteiger partial charge is 0.198 e. The number of hydrogen-bond acceptors (Lipinski definition) is 3. The quantitative estimate of drug-likeness (QED) is 0.642. The Morgan fingerprint density at radius 1 is 1.00 bits per heavy atom. The van der Waals surface area contributed by atoms with Crippen molar-refractivity contribution in [1.29, 1.82) is 0 Å². The predicted molar refractivity (Wildman–Crippen MR) is 62.3 cm³/mol. The molecule has 0 bridgehead atoms. The average molecular weight is 231 g/mol. The summed E-state index contributed by atoms with van der Waals surface area (Å²) < 4.78 is 5.20. The summed E-state index contributed by atoms with van der Waals surface area (Å²) in [4.78, 5) is 8.17. The van der Waals surface area contributed by atoms with Gasteiger partial charge in [-0.2, -0.15) is 4.98 Å². The van der Waals surface area contributed by atoms with E-state index >= 15 is 0 Å². The molecule has 4 heteroatoms. The van der Waals surface area contributed by atoms with Crippen LogP contribution in [0.25, 0.3) is 22.4 Å². The van der Waals surface area contributed by atoms with Crippen molar-refractivity contribution in [3.8, 4) is 11.1 Å². The van der Waals surface area contributed by atoms with Crippen molar-refractivity contribution in [2.45, 2.75) is 0 Å². The van der Waals surface area contributed by atoms with Gasteiger partial charge in [0.15, 0.2) is 17.6 Å². The Bertz CT molecular complexity index is 631. The standard InChI is InChI=1S/C12H7ClN2O/c13-10-3-1-8(2-4-10)9-5-11-12(14-6-9)15-7-16-11/h1-7H. The van der Waals surface area contributed by atoms with Gasteiger partial charge in [-0.05, 0) is 23.8 Å². The second kappa shape index (κ2) is 3.61. The van der Waals surface area contributed by atoms with Gasteiger partial charge < -0.3 is 4.42 Å². The molecule has 2 heterocycles. The Morgan fingerprint density at radius 2 is 1.81 bits per heavy atom. The van der Waals surface area contributed by atoms with Crippen LogP contribution in [0.4, 0.5) is 0 Å². The molecule has 0 aliphatic carbocycles. The predicted octanol–water partition coefficient (Wildman–Crippen LogP) is 3.54. The lowest BCUT2D eigenvalue weighted by molar-refractivity contribution is 0.602. The number of fused-ring (bicyclic) bond motifs is 1. The maximum absolute atomic E-state index is 5.83. The van der Waals surface area contributed by atoms with E-state index in [1.165, 1.54) is 6.39 Å². The number of rotatable bonds is 1. The zero-order valence-corrected chi connectivity index (χ0v) is 8.98. The molecule has 0 unspecified atom stereocenters. The summed E-state index contributed by atoms with van der Waals surface area (Å²) in [6.07, 6.45) is 3.16. The summed E-state index contributed by atoms with van der Waals surface area (Å²) in [5.41, 5.74) is 3.35. The molecule has 0 atom stereocenters. The lowest BCUT2D eigenvalue weighted by atomic mass is 10.1. The van der Waals surface area contributed by atoms with Crippen molar-refractivity contribution in [2.75, 3.05) is 0 Å². The van der Waals surface area contributed by atoms with Crippen LogP contribution >= 0.6 is 11.6 Å². The molecule has 16 heavy (non-hydrogen) atoms. The van der Waals surface area contributed by atoms with Crippen molar-refractivity contribution >= 4 is 22.8 Å². The van der Waals surface area contributed by atoms with E-state index in [0.717, 1.165) is 16.1 Å².